The zero-order chi connectivity index (χ0) is 15.5. The molecule has 0 aromatic heterocycles. The maximum Gasteiger partial charge on any atom is 0.236 e. The minimum absolute atomic E-state index is 0.105. The largest absolute Gasteiger partial charge is 0.495 e. The van der Waals surface area contributed by atoms with Gasteiger partial charge in [-0.1, -0.05) is 23.8 Å². The van der Waals surface area contributed by atoms with Crippen LogP contribution in [0.3, 0.4) is 0 Å². The van der Waals surface area contributed by atoms with Gasteiger partial charge in [-0.05, 0) is 19.9 Å². The van der Waals surface area contributed by atoms with Gasteiger partial charge in [0, 0.05) is 6.07 Å². The van der Waals surface area contributed by atoms with Crippen LogP contribution in [0.5, 0.6) is 11.5 Å². The lowest BCUT2D eigenvalue weighted by Gasteiger charge is -2.23. The van der Waals surface area contributed by atoms with Crippen LogP contribution in [0.2, 0.25) is 5.02 Å². The van der Waals surface area contributed by atoms with E-state index in [1.807, 2.05) is 0 Å². The molecule has 110 valence electrons. The van der Waals surface area contributed by atoms with E-state index in [2.05, 4.69) is 5.32 Å². The molecule has 1 amide bonds. The Morgan fingerprint density at radius 3 is 2.30 bits per heavy atom. The van der Waals surface area contributed by atoms with Crippen molar-refractivity contribution < 1.29 is 14.3 Å². The molecular weight excluding hydrogens is 300 g/mol. The Morgan fingerprint density at radius 1 is 1.30 bits per heavy atom. The van der Waals surface area contributed by atoms with E-state index < -0.39 is 5.41 Å². The van der Waals surface area contributed by atoms with E-state index in [9.17, 15) is 4.79 Å². The van der Waals surface area contributed by atoms with Crippen molar-refractivity contribution in [3.8, 4) is 11.5 Å². The van der Waals surface area contributed by atoms with Crippen LogP contribution in [0.4, 0.5) is 5.69 Å². The molecule has 0 spiro atoms. The molecule has 0 heterocycles. The van der Waals surface area contributed by atoms with Gasteiger partial charge in [-0.15, -0.1) is 0 Å². The number of nitrogens with one attached hydrogen (secondary N) is 1. The SMILES string of the molecule is COc1cc(OC)c(NC(=O)C(C)(C)C(N)=S)cc1Cl. The molecule has 1 rings (SSSR count). The van der Waals surface area contributed by atoms with Crippen molar-refractivity contribution in [3.63, 3.8) is 0 Å². The number of hydrogen-bond acceptors (Lipinski definition) is 4. The number of carbonyl (C=O) groups excluding carboxylic acids is 1. The van der Waals surface area contributed by atoms with E-state index in [0.29, 0.717) is 22.2 Å². The van der Waals surface area contributed by atoms with E-state index in [-0.39, 0.29) is 10.9 Å². The number of rotatable bonds is 5. The Hall–Kier alpha value is -1.53. The fourth-order valence-electron chi connectivity index (χ4n) is 1.35. The summed E-state index contributed by atoms with van der Waals surface area (Å²) in [4.78, 5) is 12.3. The second-order valence-electron chi connectivity index (χ2n) is 4.63. The van der Waals surface area contributed by atoms with Crippen molar-refractivity contribution in [3.05, 3.63) is 17.2 Å². The molecule has 0 bridgehead atoms. The molecule has 1 aromatic carbocycles. The maximum atomic E-state index is 12.2. The number of carbonyl (C=O) groups is 1. The fourth-order valence-corrected chi connectivity index (χ4v) is 1.68. The van der Waals surface area contributed by atoms with Crippen molar-refractivity contribution in [1.82, 2.24) is 0 Å². The summed E-state index contributed by atoms with van der Waals surface area (Å²) in [6.45, 7) is 3.28. The lowest BCUT2D eigenvalue weighted by Crippen LogP contribution is -2.41. The summed E-state index contributed by atoms with van der Waals surface area (Å²) in [6, 6.07) is 3.14. The van der Waals surface area contributed by atoms with Crippen LogP contribution in [0, 0.1) is 5.41 Å². The summed E-state index contributed by atoms with van der Waals surface area (Å²) in [7, 11) is 2.98. The second kappa shape index (κ2) is 6.28. The highest BCUT2D eigenvalue weighted by molar-refractivity contribution is 7.80. The van der Waals surface area contributed by atoms with Crippen molar-refractivity contribution in [2.75, 3.05) is 19.5 Å². The maximum absolute atomic E-state index is 12.2. The first kappa shape index (κ1) is 16.5. The molecule has 1 aromatic rings. The number of hydrogen-bond donors (Lipinski definition) is 2. The second-order valence-corrected chi connectivity index (χ2v) is 5.48. The monoisotopic (exact) mass is 316 g/mol. The zero-order valence-corrected chi connectivity index (χ0v) is 13.3. The summed E-state index contributed by atoms with van der Waals surface area (Å²) >= 11 is 10.9. The first-order valence-electron chi connectivity index (χ1n) is 5.77. The van der Waals surface area contributed by atoms with Gasteiger partial charge < -0.3 is 20.5 Å². The average Bonchev–Trinajstić information content (AvgIpc) is 2.38. The van der Waals surface area contributed by atoms with Gasteiger partial charge in [-0.25, -0.2) is 0 Å². The molecule has 7 heteroatoms. The molecule has 5 nitrogen and oxygen atoms in total. The Balaban J connectivity index is 3.12. The van der Waals surface area contributed by atoms with Crippen LogP contribution in [-0.2, 0) is 4.79 Å². The molecule has 0 radical (unpaired) electrons. The predicted molar refractivity (Wildman–Crippen MR) is 83.8 cm³/mol. The average molecular weight is 317 g/mol. The zero-order valence-electron chi connectivity index (χ0n) is 11.7. The molecule has 0 aliphatic carbocycles. The van der Waals surface area contributed by atoms with Gasteiger partial charge in [-0.2, -0.15) is 0 Å². The molecule has 0 saturated heterocycles. The molecule has 0 atom stereocenters. The molecule has 0 fully saturated rings. The van der Waals surface area contributed by atoms with Crippen LogP contribution >= 0.6 is 23.8 Å². The smallest absolute Gasteiger partial charge is 0.236 e. The van der Waals surface area contributed by atoms with E-state index in [1.165, 1.54) is 14.2 Å². The normalized spacial score (nSPS) is 10.8. The van der Waals surface area contributed by atoms with Crippen molar-refractivity contribution >= 4 is 40.4 Å². The van der Waals surface area contributed by atoms with Crippen molar-refractivity contribution in [1.29, 1.82) is 0 Å². The number of nitrogens with two attached hydrogens (primary N) is 1. The van der Waals surface area contributed by atoms with Gasteiger partial charge in [0.2, 0.25) is 5.91 Å². The lowest BCUT2D eigenvalue weighted by atomic mass is 9.92. The lowest BCUT2D eigenvalue weighted by molar-refractivity contribution is -0.121. The molecule has 0 saturated carbocycles. The van der Waals surface area contributed by atoms with Gasteiger partial charge in [-0.3, -0.25) is 4.79 Å². The molecule has 20 heavy (non-hydrogen) atoms. The third kappa shape index (κ3) is 3.32. The first-order chi connectivity index (χ1) is 9.23. The molecule has 3 N–H and O–H groups in total. The number of halogens is 1. The molecule has 0 aliphatic heterocycles. The van der Waals surface area contributed by atoms with Gasteiger partial charge in [0.1, 0.15) is 11.5 Å². The third-order valence-electron chi connectivity index (χ3n) is 2.91. The predicted octanol–water partition coefficient (Wildman–Crippen LogP) is 2.61. The summed E-state index contributed by atoms with van der Waals surface area (Å²) < 4.78 is 10.3. The van der Waals surface area contributed by atoms with Crippen LogP contribution in [0.15, 0.2) is 12.1 Å². The molecular formula is C13H17ClN2O3S. The van der Waals surface area contributed by atoms with E-state index in [1.54, 1.807) is 26.0 Å². The Labute approximate surface area is 128 Å². The quantitative estimate of drug-likeness (QED) is 0.817. The van der Waals surface area contributed by atoms with Gasteiger partial charge in [0.25, 0.3) is 0 Å². The Morgan fingerprint density at radius 2 is 1.85 bits per heavy atom. The van der Waals surface area contributed by atoms with E-state index in [4.69, 9.17) is 39.0 Å². The number of ether oxygens (including phenoxy) is 2. The molecule has 0 aliphatic rings. The topological polar surface area (TPSA) is 73.6 Å². The Kier molecular flexibility index (Phi) is 5.19. The van der Waals surface area contributed by atoms with Crippen molar-refractivity contribution in [2.24, 2.45) is 11.1 Å². The van der Waals surface area contributed by atoms with Gasteiger partial charge in [0.05, 0.1) is 35.3 Å². The number of thiocarbonyl (C=S) groups is 1. The minimum Gasteiger partial charge on any atom is -0.495 e. The van der Waals surface area contributed by atoms with E-state index >= 15 is 0 Å². The van der Waals surface area contributed by atoms with Gasteiger partial charge >= 0.3 is 0 Å². The number of benzene rings is 1. The van der Waals surface area contributed by atoms with Crippen LogP contribution in [0.1, 0.15) is 13.8 Å². The summed E-state index contributed by atoms with van der Waals surface area (Å²) in [5.74, 6) is 0.540. The van der Waals surface area contributed by atoms with Gasteiger partial charge in [0.15, 0.2) is 0 Å². The Bertz CT molecular complexity index is 547. The number of amides is 1. The third-order valence-corrected chi connectivity index (χ3v) is 3.71. The summed E-state index contributed by atoms with van der Waals surface area (Å²) in [6.07, 6.45) is 0. The highest BCUT2D eigenvalue weighted by atomic mass is 35.5. The van der Waals surface area contributed by atoms with Crippen LogP contribution in [-0.4, -0.2) is 25.1 Å². The number of methoxy groups -OCH3 is 2. The minimum atomic E-state index is -0.979. The van der Waals surface area contributed by atoms with E-state index in [0.717, 1.165) is 0 Å². The summed E-state index contributed by atoms with van der Waals surface area (Å²) in [5.41, 5.74) is 5.01. The fraction of sp³-hybridized carbons (Fsp3) is 0.385. The number of anilines is 1. The standard InChI is InChI=1S/C13H17ClN2O3S/c1-13(2,11(15)20)12(17)16-8-5-7(14)9(18-3)6-10(8)19-4/h5-6H,1-4H3,(H2,15,20)(H,16,17). The highest BCUT2D eigenvalue weighted by Gasteiger charge is 2.31. The molecule has 0 unspecified atom stereocenters. The highest BCUT2D eigenvalue weighted by Crippen LogP contribution is 2.36. The van der Waals surface area contributed by atoms with Crippen molar-refractivity contribution in [2.45, 2.75) is 13.8 Å². The first-order valence-corrected chi connectivity index (χ1v) is 6.55. The van der Waals surface area contributed by atoms with Crippen LogP contribution in [0.25, 0.3) is 0 Å². The van der Waals surface area contributed by atoms with Crippen LogP contribution < -0.4 is 20.5 Å². The summed E-state index contributed by atoms with van der Waals surface area (Å²) in [5, 5.41) is 3.06.